The Morgan fingerprint density at radius 2 is 2.26 bits per heavy atom. The molecule has 104 valence electrons. The Morgan fingerprint density at radius 1 is 1.42 bits per heavy atom. The maximum absolute atomic E-state index is 13.0. The molecular weight excluding hydrogens is 245 g/mol. The minimum Gasteiger partial charge on any atom is -0.354 e. The zero-order valence-electron chi connectivity index (χ0n) is 11.1. The molecule has 1 fully saturated rings. The number of halogens is 1. The normalized spacial score (nSPS) is 23.1. The summed E-state index contributed by atoms with van der Waals surface area (Å²) in [5, 5.41) is 9.32. The fourth-order valence-corrected chi connectivity index (χ4v) is 2.11. The van der Waals surface area contributed by atoms with Crippen LogP contribution in [-0.2, 0) is 11.2 Å². The average Bonchev–Trinajstić information content (AvgIpc) is 2.39. The van der Waals surface area contributed by atoms with Crippen molar-refractivity contribution in [2.45, 2.75) is 25.4 Å². The molecule has 3 N–H and O–H groups in total. The van der Waals surface area contributed by atoms with Gasteiger partial charge in [0.2, 0.25) is 5.91 Å². The molecule has 19 heavy (non-hydrogen) atoms. The predicted molar refractivity (Wildman–Crippen MR) is 72.4 cm³/mol. The van der Waals surface area contributed by atoms with Crippen LogP contribution in [0.4, 0.5) is 4.39 Å². The second-order valence-electron chi connectivity index (χ2n) is 4.94. The Bertz CT molecular complexity index is 430. The molecule has 1 aromatic carbocycles. The van der Waals surface area contributed by atoms with E-state index in [4.69, 9.17) is 0 Å². The van der Waals surface area contributed by atoms with Crippen molar-refractivity contribution in [2.24, 2.45) is 0 Å². The molecule has 2 rings (SSSR count). The van der Waals surface area contributed by atoms with Gasteiger partial charge in [-0.1, -0.05) is 12.1 Å². The summed E-state index contributed by atoms with van der Waals surface area (Å²) in [4.78, 5) is 11.9. The van der Waals surface area contributed by atoms with Crippen LogP contribution in [0.3, 0.4) is 0 Å². The first-order valence-corrected chi connectivity index (χ1v) is 6.64. The Morgan fingerprint density at radius 3 is 2.95 bits per heavy atom. The second-order valence-corrected chi connectivity index (χ2v) is 4.94. The summed E-state index contributed by atoms with van der Waals surface area (Å²) in [6.07, 6.45) is 0.639. The van der Waals surface area contributed by atoms with E-state index in [1.165, 1.54) is 12.1 Å². The van der Waals surface area contributed by atoms with Crippen molar-refractivity contribution in [1.82, 2.24) is 16.0 Å². The molecular formula is C14H20FN3O. The summed E-state index contributed by atoms with van der Waals surface area (Å²) in [5.41, 5.74) is 0.892. The smallest absolute Gasteiger partial charge is 0.238 e. The summed E-state index contributed by atoms with van der Waals surface area (Å²) in [6, 6.07) is 6.67. The highest BCUT2D eigenvalue weighted by atomic mass is 19.1. The second kappa shape index (κ2) is 6.63. The van der Waals surface area contributed by atoms with Crippen molar-refractivity contribution in [3.05, 3.63) is 35.6 Å². The van der Waals surface area contributed by atoms with Crippen molar-refractivity contribution in [2.75, 3.05) is 19.6 Å². The summed E-state index contributed by atoms with van der Waals surface area (Å²) in [7, 11) is 0. The monoisotopic (exact) mass is 265 g/mol. The molecule has 5 heteroatoms. The third-order valence-electron chi connectivity index (χ3n) is 3.26. The Labute approximate surface area is 112 Å². The zero-order chi connectivity index (χ0) is 13.7. The van der Waals surface area contributed by atoms with Gasteiger partial charge >= 0.3 is 0 Å². The molecule has 0 radical (unpaired) electrons. The van der Waals surface area contributed by atoms with Gasteiger partial charge in [-0.25, -0.2) is 4.39 Å². The fourth-order valence-electron chi connectivity index (χ4n) is 2.11. The molecule has 0 bridgehead atoms. The van der Waals surface area contributed by atoms with Gasteiger partial charge in [-0.3, -0.25) is 4.79 Å². The van der Waals surface area contributed by atoms with Crippen molar-refractivity contribution in [1.29, 1.82) is 0 Å². The number of hydrogen-bond acceptors (Lipinski definition) is 3. The minimum atomic E-state index is -0.240. The molecule has 2 unspecified atom stereocenters. The molecule has 0 spiro atoms. The topological polar surface area (TPSA) is 53.2 Å². The highest BCUT2D eigenvalue weighted by molar-refractivity contribution is 5.82. The highest BCUT2D eigenvalue weighted by Crippen LogP contribution is 2.03. The first-order valence-electron chi connectivity index (χ1n) is 6.64. The first-order chi connectivity index (χ1) is 9.15. The largest absolute Gasteiger partial charge is 0.354 e. The van der Waals surface area contributed by atoms with Crippen LogP contribution < -0.4 is 16.0 Å². The van der Waals surface area contributed by atoms with Crippen molar-refractivity contribution in [3.63, 3.8) is 0 Å². The van der Waals surface area contributed by atoms with Crippen LogP contribution in [-0.4, -0.2) is 37.6 Å². The van der Waals surface area contributed by atoms with E-state index in [-0.39, 0.29) is 17.8 Å². The average molecular weight is 265 g/mol. The maximum atomic E-state index is 13.0. The third kappa shape index (κ3) is 4.29. The van der Waals surface area contributed by atoms with Crippen LogP contribution in [0.15, 0.2) is 24.3 Å². The number of piperazine rings is 1. The predicted octanol–water partition coefficient (Wildman–Crippen LogP) is 0.434. The van der Waals surface area contributed by atoms with E-state index in [9.17, 15) is 9.18 Å². The Hall–Kier alpha value is -1.46. The first kappa shape index (κ1) is 14.0. The van der Waals surface area contributed by atoms with E-state index in [0.717, 1.165) is 12.1 Å². The van der Waals surface area contributed by atoms with Crippen LogP contribution >= 0.6 is 0 Å². The summed E-state index contributed by atoms with van der Waals surface area (Å²) >= 11 is 0. The van der Waals surface area contributed by atoms with Crippen LogP contribution in [0.2, 0.25) is 0 Å². The van der Waals surface area contributed by atoms with E-state index < -0.39 is 0 Å². The zero-order valence-corrected chi connectivity index (χ0v) is 11.1. The molecule has 1 aromatic rings. The number of nitrogens with one attached hydrogen (secondary N) is 3. The molecule has 1 saturated heterocycles. The fraction of sp³-hybridized carbons (Fsp3) is 0.500. The Kier molecular flexibility index (Phi) is 4.87. The summed E-state index contributed by atoms with van der Waals surface area (Å²) in [6.45, 7) is 4.04. The molecule has 4 nitrogen and oxygen atoms in total. The number of carbonyl (C=O) groups excluding carboxylic acids is 1. The lowest BCUT2D eigenvalue weighted by atomic mass is 10.1. The minimum absolute atomic E-state index is 0.00389. The molecule has 0 saturated carbocycles. The maximum Gasteiger partial charge on any atom is 0.238 e. The van der Waals surface area contributed by atoms with E-state index in [2.05, 4.69) is 22.9 Å². The van der Waals surface area contributed by atoms with Gasteiger partial charge in [0.15, 0.2) is 0 Å². The van der Waals surface area contributed by atoms with Crippen LogP contribution in [0.5, 0.6) is 0 Å². The molecule has 1 heterocycles. The summed E-state index contributed by atoms with van der Waals surface area (Å²) in [5.74, 6) is -0.244. The quantitative estimate of drug-likeness (QED) is 0.740. The lowest BCUT2D eigenvalue weighted by molar-refractivity contribution is -0.123. The standard InChI is InChI=1S/C14H20FN3O/c1-10-8-18-13(9-17-10)14(19)16-6-5-11-3-2-4-12(15)7-11/h2-4,7,10,13,17-18H,5-6,8-9H2,1H3,(H,16,19). The molecule has 1 aliphatic heterocycles. The van der Waals surface area contributed by atoms with Gasteiger partial charge in [0.1, 0.15) is 5.82 Å². The highest BCUT2D eigenvalue weighted by Gasteiger charge is 2.22. The van der Waals surface area contributed by atoms with Crippen LogP contribution in [0.1, 0.15) is 12.5 Å². The van der Waals surface area contributed by atoms with Crippen molar-refractivity contribution in [3.8, 4) is 0 Å². The van der Waals surface area contributed by atoms with Crippen LogP contribution in [0.25, 0.3) is 0 Å². The third-order valence-corrected chi connectivity index (χ3v) is 3.26. The molecule has 1 amide bonds. The van der Waals surface area contributed by atoms with Crippen molar-refractivity contribution >= 4 is 5.91 Å². The van der Waals surface area contributed by atoms with Gasteiger partial charge in [0.05, 0.1) is 6.04 Å². The van der Waals surface area contributed by atoms with Gasteiger partial charge < -0.3 is 16.0 Å². The number of carbonyl (C=O) groups is 1. The van der Waals surface area contributed by atoms with Crippen molar-refractivity contribution < 1.29 is 9.18 Å². The molecule has 0 aliphatic carbocycles. The van der Waals surface area contributed by atoms with Gasteiger partial charge in [0.25, 0.3) is 0 Å². The van der Waals surface area contributed by atoms with E-state index in [1.807, 2.05) is 6.07 Å². The molecule has 0 aromatic heterocycles. The number of amides is 1. The van der Waals surface area contributed by atoms with E-state index >= 15 is 0 Å². The summed E-state index contributed by atoms with van der Waals surface area (Å²) < 4.78 is 13.0. The molecule has 2 atom stereocenters. The lowest BCUT2D eigenvalue weighted by Crippen LogP contribution is -2.59. The van der Waals surface area contributed by atoms with Gasteiger partial charge in [0, 0.05) is 25.7 Å². The van der Waals surface area contributed by atoms with E-state index in [1.54, 1.807) is 6.07 Å². The van der Waals surface area contributed by atoms with E-state index in [0.29, 0.717) is 25.6 Å². The van der Waals surface area contributed by atoms with Gasteiger partial charge in [-0.2, -0.15) is 0 Å². The van der Waals surface area contributed by atoms with Crippen LogP contribution in [0, 0.1) is 5.82 Å². The number of benzene rings is 1. The number of rotatable bonds is 4. The van der Waals surface area contributed by atoms with Gasteiger partial charge in [-0.05, 0) is 31.0 Å². The Balaban J connectivity index is 1.72. The lowest BCUT2D eigenvalue weighted by Gasteiger charge is -2.28. The molecule has 1 aliphatic rings. The van der Waals surface area contributed by atoms with Gasteiger partial charge in [-0.15, -0.1) is 0 Å². The number of hydrogen-bond donors (Lipinski definition) is 3. The SMILES string of the molecule is CC1CNC(C(=O)NCCc2cccc(F)c2)CN1.